The summed E-state index contributed by atoms with van der Waals surface area (Å²) in [5.74, 6) is 2.45. The monoisotopic (exact) mass is 289 g/mol. The first kappa shape index (κ1) is 15.3. The Balaban J connectivity index is 2.14. The van der Waals surface area contributed by atoms with Crippen molar-refractivity contribution in [2.24, 2.45) is 5.73 Å². The minimum atomic E-state index is -2.84. The van der Waals surface area contributed by atoms with E-state index in [0.29, 0.717) is 18.9 Å². The average Bonchev–Trinajstić information content (AvgIpc) is 2.33. The number of hydrogen-bond acceptors (Lipinski definition) is 5. The fourth-order valence-electron chi connectivity index (χ4n) is 1.25. The van der Waals surface area contributed by atoms with Gasteiger partial charge in [-0.1, -0.05) is 12.1 Å². The number of ether oxygens (including phenoxy) is 1. The van der Waals surface area contributed by atoms with E-state index in [0.717, 1.165) is 17.1 Å². The molecule has 1 aromatic rings. The van der Waals surface area contributed by atoms with Gasteiger partial charge in [0.25, 0.3) is 0 Å². The standard InChI is InChI=1S/C12H19NO3S2/c1-18(14,15)9-8-17-7-6-16-12-4-2-11(10-13)3-5-12/h2-5H,6-10,13H2,1H3. The molecule has 0 unspecified atom stereocenters. The Kier molecular flexibility index (Phi) is 6.52. The minimum Gasteiger partial charge on any atom is -0.493 e. The van der Waals surface area contributed by atoms with Crippen LogP contribution in [0, 0.1) is 0 Å². The zero-order chi connectivity index (χ0) is 13.4. The summed E-state index contributed by atoms with van der Waals surface area (Å²) in [4.78, 5) is 0. The molecule has 0 atom stereocenters. The molecule has 0 heterocycles. The normalized spacial score (nSPS) is 11.4. The number of sulfone groups is 1. The molecule has 0 fully saturated rings. The molecule has 0 amide bonds. The second-order valence-corrected chi connectivity index (χ2v) is 7.42. The summed E-state index contributed by atoms with van der Waals surface area (Å²) in [6.07, 6.45) is 1.25. The van der Waals surface area contributed by atoms with Gasteiger partial charge in [-0.05, 0) is 17.7 Å². The quantitative estimate of drug-likeness (QED) is 0.731. The summed E-state index contributed by atoms with van der Waals surface area (Å²) in [5.41, 5.74) is 6.57. The van der Waals surface area contributed by atoms with Gasteiger partial charge in [0, 0.05) is 24.3 Å². The zero-order valence-corrected chi connectivity index (χ0v) is 12.1. The van der Waals surface area contributed by atoms with Crippen molar-refractivity contribution >= 4 is 21.6 Å². The molecule has 0 spiro atoms. The van der Waals surface area contributed by atoms with Gasteiger partial charge in [-0.2, -0.15) is 11.8 Å². The average molecular weight is 289 g/mol. The first-order chi connectivity index (χ1) is 8.51. The molecule has 6 heteroatoms. The smallest absolute Gasteiger partial charge is 0.148 e. The molecule has 1 aromatic carbocycles. The molecule has 18 heavy (non-hydrogen) atoms. The SMILES string of the molecule is CS(=O)(=O)CCSCCOc1ccc(CN)cc1. The maximum absolute atomic E-state index is 10.9. The van der Waals surface area contributed by atoms with Crippen LogP contribution in [0.25, 0.3) is 0 Å². The lowest BCUT2D eigenvalue weighted by molar-refractivity contribution is 0.344. The Morgan fingerprint density at radius 2 is 1.89 bits per heavy atom. The van der Waals surface area contributed by atoms with Gasteiger partial charge < -0.3 is 10.5 Å². The van der Waals surface area contributed by atoms with Gasteiger partial charge in [-0.25, -0.2) is 8.42 Å². The molecule has 1 rings (SSSR count). The molecule has 102 valence electrons. The Bertz CT molecular complexity index is 443. The van der Waals surface area contributed by atoms with E-state index >= 15 is 0 Å². The van der Waals surface area contributed by atoms with E-state index in [1.807, 2.05) is 24.3 Å². The van der Waals surface area contributed by atoms with Crippen LogP contribution in [0.5, 0.6) is 5.75 Å². The van der Waals surface area contributed by atoms with Crippen molar-refractivity contribution in [3.8, 4) is 5.75 Å². The van der Waals surface area contributed by atoms with Crippen LogP contribution in [0.1, 0.15) is 5.56 Å². The zero-order valence-electron chi connectivity index (χ0n) is 10.5. The summed E-state index contributed by atoms with van der Waals surface area (Å²) >= 11 is 1.58. The van der Waals surface area contributed by atoms with Crippen molar-refractivity contribution in [3.63, 3.8) is 0 Å². The summed E-state index contributed by atoms with van der Waals surface area (Å²) < 4.78 is 27.3. The highest BCUT2D eigenvalue weighted by Gasteiger charge is 2.01. The van der Waals surface area contributed by atoms with Gasteiger partial charge in [-0.3, -0.25) is 0 Å². The van der Waals surface area contributed by atoms with Crippen LogP contribution >= 0.6 is 11.8 Å². The molecule has 0 bridgehead atoms. The highest BCUT2D eigenvalue weighted by molar-refractivity contribution is 8.00. The summed E-state index contributed by atoms with van der Waals surface area (Å²) in [6, 6.07) is 7.66. The van der Waals surface area contributed by atoms with Crippen LogP contribution in [0.2, 0.25) is 0 Å². The number of hydrogen-bond donors (Lipinski definition) is 1. The van der Waals surface area contributed by atoms with E-state index in [9.17, 15) is 8.42 Å². The molecule has 0 saturated carbocycles. The molecular formula is C12H19NO3S2. The van der Waals surface area contributed by atoms with Crippen molar-refractivity contribution in [2.45, 2.75) is 6.54 Å². The predicted octanol–water partition coefficient (Wildman–Crippen LogP) is 1.30. The Morgan fingerprint density at radius 1 is 1.22 bits per heavy atom. The maximum atomic E-state index is 10.9. The molecular weight excluding hydrogens is 270 g/mol. The highest BCUT2D eigenvalue weighted by Crippen LogP contribution is 2.12. The van der Waals surface area contributed by atoms with E-state index < -0.39 is 9.84 Å². The topological polar surface area (TPSA) is 69.4 Å². The number of thioether (sulfide) groups is 1. The number of nitrogens with two attached hydrogens (primary N) is 1. The molecule has 0 saturated heterocycles. The lowest BCUT2D eigenvalue weighted by atomic mass is 10.2. The Morgan fingerprint density at radius 3 is 2.44 bits per heavy atom. The van der Waals surface area contributed by atoms with Crippen molar-refractivity contribution in [2.75, 3.05) is 30.1 Å². The van der Waals surface area contributed by atoms with Gasteiger partial charge in [0.05, 0.1) is 12.4 Å². The van der Waals surface area contributed by atoms with Crippen LogP contribution in [0.15, 0.2) is 24.3 Å². The van der Waals surface area contributed by atoms with Crippen LogP contribution in [0.3, 0.4) is 0 Å². The minimum absolute atomic E-state index is 0.225. The van der Waals surface area contributed by atoms with Gasteiger partial charge in [-0.15, -0.1) is 0 Å². The predicted molar refractivity (Wildman–Crippen MR) is 76.9 cm³/mol. The molecule has 4 nitrogen and oxygen atoms in total. The highest BCUT2D eigenvalue weighted by atomic mass is 32.2. The van der Waals surface area contributed by atoms with E-state index in [2.05, 4.69) is 0 Å². The van der Waals surface area contributed by atoms with Crippen LogP contribution in [-0.2, 0) is 16.4 Å². The molecule has 0 aromatic heterocycles. The van der Waals surface area contributed by atoms with E-state index in [4.69, 9.17) is 10.5 Å². The van der Waals surface area contributed by atoms with E-state index in [-0.39, 0.29) is 5.75 Å². The first-order valence-corrected chi connectivity index (χ1v) is 8.90. The molecule has 0 aliphatic carbocycles. The summed E-state index contributed by atoms with van der Waals surface area (Å²) in [5, 5.41) is 0. The van der Waals surface area contributed by atoms with Gasteiger partial charge in [0.1, 0.15) is 15.6 Å². The third-order valence-electron chi connectivity index (χ3n) is 2.25. The van der Waals surface area contributed by atoms with Crippen molar-refractivity contribution in [1.82, 2.24) is 0 Å². The van der Waals surface area contributed by atoms with Crippen molar-refractivity contribution in [3.05, 3.63) is 29.8 Å². The van der Waals surface area contributed by atoms with Gasteiger partial charge >= 0.3 is 0 Å². The molecule has 2 N–H and O–H groups in total. The van der Waals surface area contributed by atoms with E-state index in [1.165, 1.54) is 6.26 Å². The Hall–Kier alpha value is -0.720. The lowest BCUT2D eigenvalue weighted by Gasteiger charge is -2.06. The fourth-order valence-corrected chi connectivity index (χ4v) is 3.34. The maximum Gasteiger partial charge on any atom is 0.148 e. The fraction of sp³-hybridized carbons (Fsp3) is 0.500. The second-order valence-electron chi connectivity index (χ2n) is 3.94. The van der Waals surface area contributed by atoms with Gasteiger partial charge in [0.2, 0.25) is 0 Å². The molecule has 0 aliphatic rings. The Labute approximate surface area is 113 Å². The third-order valence-corrected chi connectivity index (χ3v) is 4.41. The molecule has 0 radical (unpaired) electrons. The second kappa shape index (κ2) is 7.66. The van der Waals surface area contributed by atoms with Crippen molar-refractivity contribution < 1.29 is 13.2 Å². The van der Waals surface area contributed by atoms with Crippen LogP contribution < -0.4 is 10.5 Å². The summed E-state index contributed by atoms with van der Waals surface area (Å²) in [6.45, 7) is 1.11. The summed E-state index contributed by atoms with van der Waals surface area (Å²) in [7, 11) is -2.84. The first-order valence-electron chi connectivity index (χ1n) is 5.68. The molecule has 0 aliphatic heterocycles. The number of benzene rings is 1. The van der Waals surface area contributed by atoms with Gasteiger partial charge in [0.15, 0.2) is 0 Å². The van der Waals surface area contributed by atoms with Crippen LogP contribution in [0.4, 0.5) is 0 Å². The lowest BCUT2D eigenvalue weighted by Crippen LogP contribution is -2.07. The van der Waals surface area contributed by atoms with Crippen LogP contribution in [-0.4, -0.2) is 38.5 Å². The van der Waals surface area contributed by atoms with E-state index in [1.54, 1.807) is 11.8 Å². The van der Waals surface area contributed by atoms with Crippen molar-refractivity contribution in [1.29, 1.82) is 0 Å². The largest absolute Gasteiger partial charge is 0.493 e. The number of rotatable bonds is 8. The third kappa shape index (κ3) is 6.88.